The topological polar surface area (TPSA) is 53.1 Å². The molecule has 1 aromatic rings. The number of halogens is 4. The number of nitrogens with two attached hydrogens (primary N) is 1. The molecule has 0 aromatic carbocycles. The molecule has 0 aliphatic rings. The Morgan fingerprint density at radius 1 is 1.59 bits per heavy atom. The SMILES string of the molecule is Cn1ncc(Cl)c1C(N)CCOCC(F)(F)F. The van der Waals surface area contributed by atoms with Crippen molar-refractivity contribution in [2.24, 2.45) is 12.8 Å². The summed E-state index contributed by atoms with van der Waals surface area (Å²) in [4.78, 5) is 0. The average Bonchev–Trinajstić information content (AvgIpc) is 2.52. The lowest BCUT2D eigenvalue weighted by molar-refractivity contribution is -0.174. The Labute approximate surface area is 101 Å². The highest BCUT2D eigenvalue weighted by Gasteiger charge is 2.27. The van der Waals surface area contributed by atoms with E-state index < -0.39 is 18.8 Å². The second-order valence-corrected chi connectivity index (χ2v) is 3.97. The number of hydrogen-bond donors (Lipinski definition) is 1. The summed E-state index contributed by atoms with van der Waals surface area (Å²) < 4.78 is 41.3. The molecule has 0 saturated heterocycles. The van der Waals surface area contributed by atoms with Gasteiger partial charge in [0.15, 0.2) is 0 Å². The van der Waals surface area contributed by atoms with Gasteiger partial charge in [-0.05, 0) is 6.42 Å². The van der Waals surface area contributed by atoms with E-state index in [0.29, 0.717) is 10.7 Å². The van der Waals surface area contributed by atoms with E-state index >= 15 is 0 Å². The minimum Gasteiger partial charge on any atom is -0.372 e. The zero-order valence-corrected chi connectivity index (χ0v) is 9.92. The summed E-state index contributed by atoms with van der Waals surface area (Å²) in [5.41, 5.74) is 6.37. The van der Waals surface area contributed by atoms with Crippen LogP contribution in [-0.4, -0.2) is 29.2 Å². The van der Waals surface area contributed by atoms with Crippen LogP contribution in [0.15, 0.2) is 6.20 Å². The second kappa shape index (κ2) is 5.70. The first-order valence-electron chi connectivity index (χ1n) is 4.88. The smallest absolute Gasteiger partial charge is 0.372 e. The first-order valence-corrected chi connectivity index (χ1v) is 5.26. The summed E-state index contributed by atoms with van der Waals surface area (Å²) in [5, 5.41) is 4.29. The summed E-state index contributed by atoms with van der Waals surface area (Å²) in [7, 11) is 1.66. The zero-order chi connectivity index (χ0) is 13.1. The van der Waals surface area contributed by atoms with Crippen molar-refractivity contribution in [2.45, 2.75) is 18.6 Å². The molecule has 0 bridgehead atoms. The predicted molar refractivity (Wildman–Crippen MR) is 56.6 cm³/mol. The van der Waals surface area contributed by atoms with E-state index in [0.717, 1.165) is 0 Å². The Bertz CT molecular complexity index is 347. The fraction of sp³-hybridized carbons (Fsp3) is 0.667. The largest absolute Gasteiger partial charge is 0.411 e. The molecule has 0 aliphatic heterocycles. The van der Waals surface area contributed by atoms with Crippen LogP contribution in [0.25, 0.3) is 0 Å². The molecule has 1 heterocycles. The van der Waals surface area contributed by atoms with Gasteiger partial charge in [-0.25, -0.2) is 0 Å². The lowest BCUT2D eigenvalue weighted by Gasteiger charge is -2.13. The molecule has 1 rings (SSSR count). The van der Waals surface area contributed by atoms with Gasteiger partial charge in [0.25, 0.3) is 0 Å². The van der Waals surface area contributed by atoms with Gasteiger partial charge in [0.05, 0.1) is 23.0 Å². The summed E-state index contributed by atoms with van der Waals surface area (Å²) >= 11 is 5.84. The van der Waals surface area contributed by atoms with Crippen LogP contribution in [0.5, 0.6) is 0 Å². The standard InChI is InChI=1S/C9H13ClF3N3O/c1-16-8(6(10)4-15-16)7(14)2-3-17-5-9(11,12)13/h4,7H,2-3,5,14H2,1H3. The third kappa shape index (κ3) is 4.53. The van der Waals surface area contributed by atoms with Crippen LogP contribution < -0.4 is 5.73 Å². The van der Waals surface area contributed by atoms with Crippen molar-refractivity contribution >= 4 is 11.6 Å². The van der Waals surface area contributed by atoms with Crippen LogP contribution in [0.4, 0.5) is 13.2 Å². The molecule has 0 fully saturated rings. The predicted octanol–water partition coefficient (Wildman–Crippen LogP) is 2.04. The van der Waals surface area contributed by atoms with Gasteiger partial charge in [-0.15, -0.1) is 0 Å². The van der Waals surface area contributed by atoms with Crippen molar-refractivity contribution in [3.8, 4) is 0 Å². The van der Waals surface area contributed by atoms with Crippen LogP contribution in [0.2, 0.25) is 5.02 Å². The highest BCUT2D eigenvalue weighted by molar-refractivity contribution is 6.31. The molecule has 1 atom stereocenters. The molecule has 8 heteroatoms. The highest BCUT2D eigenvalue weighted by Crippen LogP contribution is 2.22. The third-order valence-electron chi connectivity index (χ3n) is 2.13. The molecule has 2 N–H and O–H groups in total. The Kier molecular flexibility index (Phi) is 4.79. The van der Waals surface area contributed by atoms with E-state index in [1.165, 1.54) is 10.9 Å². The summed E-state index contributed by atoms with van der Waals surface area (Å²) in [6.45, 7) is -1.35. The van der Waals surface area contributed by atoms with Crippen molar-refractivity contribution < 1.29 is 17.9 Å². The fourth-order valence-corrected chi connectivity index (χ4v) is 1.68. The molecule has 1 aromatic heterocycles. The number of hydrogen-bond acceptors (Lipinski definition) is 3. The Hall–Kier alpha value is -0.790. The van der Waals surface area contributed by atoms with Crippen molar-refractivity contribution in [3.63, 3.8) is 0 Å². The van der Waals surface area contributed by atoms with E-state index in [9.17, 15) is 13.2 Å². The summed E-state index contributed by atoms with van der Waals surface area (Å²) in [5.74, 6) is 0. The third-order valence-corrected chi connectivity index (χ3v) is 2.42. The molecule has 17 heavy (non-hydrogen) atoms. The van der Waals surface area contributed by atoms with E-state index in [1.807, 2.05) is 0 Å². The maximum atomic E-state index is 11.8. The normalized spacial score (nSPS) is 14.0. The van der Waals surface area contributed by atoms with Crippen molar-refractivity contribution in [1.82, 2.24) is 9.78 Å². The summed E-state index contributed by atoms with van der Waals surface area (Å²) in [6.07, 6.45) is -2.63. The van der Waals surface area contributed by atoms with Crippen molar-refractivity contribution in [2.75, 3.05) is 13.2 Å². The van der Waals surface area contributed by atoms with Gasteiger partial charge < -0.3 is 10.5 Å². The zero-order valence-electron chi connectivity index (χ0n) is 9.17. The van der Waals surface area contributed by atoms with Crippen LogP contribution >= 0.6 is 11.6 Å². The number of aryl methyl sites for hydroxylation is 1. The molecular formula is C9H13ClF3N3O. The molecular weight excluding hydrogens is 259 g/mol. The number of rotatable bonds is 5. The number of nitrogens with zero attached hydrogens (tertiary/aromatic N) is 2. The van der Waals surface area contributed by atoms with Crippen LogP contribution in [-0.2, 0) is 11.8 Å². The lowest BCUT2D eigenvalue weighted by atomic mass is 10.1. The van der Waals surface area contributed by atoms with Gasteiger partial charge in [0, 0.05) is 13.7 Å². The minimum atomic E-state index is -4.31. The number of alkyl halides is 3. The molecule has 1 unspecified atom stereocenters. The van der Waals surface area contributed by atoms with Crippen LogP contribution in [0.3, 0.4) is 0 Å². The van der Waals surface area contributed by atoms with E-state index in [2.05, 4.69) is 9.84 Å². The molecule has 0 spiro atoms. The molecule has 4 nitrogen and oxygen atoms in total. The van der Waals surface area contributed by atoms with Gasteiger partial charge >= 0.3 is 6.18 Å². The van der Waals surface area contributed by atoms with Gasteiger partial charge in [0.1, 0.15) is 6.61 Å². The molecule has 0 aliphatic carbocycles. The Balaban J connectivity index is 2.38. The Morgan fingerprint density at radius 3 is 2.71 bits per heavy atom. The first kappa shape index (κ1) is 14.3. The van der Waals surface area contributed by atoms with E-state index in [-0.39, 0.29) is 13.0 Å². The first-order chi connectivity index (χ1) is 7.81. The second-order valence-electron chi connectivity index (χ2n) is 3.56. The fourth-order valence-electron chi connectivity index (χ4n) is 1.37. The molecule has 0 saturated carbocycles. The van der Waals surface area contributed by atoms with Gasteiger partial charge in [-0.1, -0.05) is 11.6 Å². The minimum absolute atomic E-state index is 0.0812. The quantitative estimate of drug-likeness (QED) is 0.834. The van der Waals surface area contributed by atoms with Crippen molar-refractivity contribution in [3.05, 3.63) is 16.9 Å². The maximum absolute atomic E-state index is 11.8. The van der Waals surface area contributed by atoms with Crippen molar-refractivity contribution in [1.29, 1.82) is 0 Å². The van der Waals surface area contributed by atoms with Crippen LogP contribution in [0.1, 0.15) is 18.2 Å². The van der Waals surface area contributed by atoms with Gasteiger partial charge in [-0.3, -0.25) is 4.68 Å². The molecule has 0 radical (unpaired) electrons. The average molecular weight is 272 g/mol. The maximum Gasteiger partial charge on any atom is 0.411 e. The number of aromatic nitrogens is 2. The van der Waals surface area contributed by atoms with E-state index in [4.69, 9.17) is 17.3 Å². The monoisotopic (exact) mass is 271 g/mol. The lowest BCUT2D eigenvalue weighted by Crippen LogP contribution is -2.21. The van der Waals surface area contributed by atoms with Gasteiger partial charge in [-0.2, -0.15) is 18.3 Å². The van der Waals surface area contributed by atoms with E-state index in [1.54, 1.807) is 7.05 Å². The Morgan fingerprint density at radius 2 is 2.24 bits per heavy atom. The number of ether oxygens (including phenoxy) is 1. The van der Waals surface area contributed by atoms with Gasteiger partial charge in [0.2, 0.25) is 0 Å². The molecule has 98 valence electrons. The van der Waals surface area contributed by atoms with Crippen LogP contribution in [0, 0.1) is 0 Å². The molecule has 0 amide bonds. The highest BCUT2D eigenvalue weighted by atomic mass is 35.5. The summed E-state index contributed by atoms with van der Waals surface area (Å²) in [6, 6.07) is -0.497.